The quantitative estimate of drug-likeness (QED) is 0.0588. The molecule has 0 spiro atoms. The van der Waals surface area contributed by atoms with Crippen LogP contribution in [0.3, 0.4) is 0 Å². The van der Waals surface area contributed by atoms with Crippen LogP contribution in [0.2, 0.25) is 0 Å². The van der Waals surface area contributed by atoms with Gasteiger partial charge >= 0.3 is 0 Å². The number of unbranched alkanes of at least 4 members (excludes halogenated alkanes) is 17. The molecule has 41 heavy (non-hydrogen) atoms. The van der Waals surface area contributed by atoms with E-state index >= 15 is 0 Å². The summed E-state index contributed by atoms with van der Waals surface area (Å²) in [6, 6.07) is -0.729. The number of allylic oxidation sites excluding steroid dienone is 5. The Morgan fingerprint density at radius 3 is 1.56 bits per heavy atom. The number of carbonyl (C=O) groups is 1. The maximum absolute atomic E-state index is 12.9. The summed E-state index contributed by atoms with van der Waals surface area (Å²) in [6.45, 7) is 4.10. The lowest BCUT2D eigenvalue weighted by molar-refractivity contribution is -0.137. The van der Waals surface area contributed by atoms with Crippen LogP contribution < -0.4 is 0 Å². The first-order valence-corrected chi connectivity index (χ1v) is 17.3. The Bertz CT molecular complexity index is 645. The number of aliphatic hydroxyl groups is 3. The highest BCUT2D eigenvalue weighted by Gasteiger charge is 2.27. The van der Waals surface area contributed by atoms with Gasteiger partial charge in [0.15, 0.2) is 0 Å². The molecular formula is C36H67NO4. The predicted octanol–water partition coefficient (Wildman–Crippen LogP) is 8.82. The van der Waals surface area contributed by atoms with Gasteiger partial charge in [0.1, 0.15) is 0 Å². The molecule has 5 nitrogen and oxygen atoms in total. The van der Waals surface area contributed by atoms with Gasteiger partial charge in [-0.25, -0.2) is 0 Å². The van der Waals surface area contributed by atoms with Crippen molar-refractivity contribution in [3.8, 4) is 0 Å². The Morgan fingerprint density at radius 1 is 0.610 bits per heavy atom. The minimum absolute atomic E-state index is 0.107. The van der Waals surface area contributed by atoms with E-state index in [0.29, 0.717) is 6.42 Å². The summed E-state index contributed by atoms with van der Waals surface area (Å²) in [5.74, 6) is -0.107. The van der Waals surface area contributed by atoms with E-state index < -0.39 is 12.1 Å². The molecule has 0 bridgehead atoms. The van der Waals surface area contributed by atoms with Crippen molar-refractivity contribution in [2.45, 2.75) is 167 Å². The number of amides is 1. The topological polar surface area (TPSA) is 81.0 Å². The van der Waals surface area contributed by atoms with Gasteiger partial charge in [0, 0.05) is 13.0 Å². The summed E-state index contributed by atoms with van der Waals surface area (Å²) in [6.07, 6.45) is 37.1. The molecule has 0 aromatic rings. The zero-order valence-corrected chi connectivity index (χ0v) is 27.0. The molecular weight excluding hydrogens is 510 g/mol. The van der Waals surface area contributed by atoms with E-state index in [1.54, 1.807) is 6.08 Å². The Morgan fingerprint density at radius 2 is 1.05 bits per heavy atom. The summed E-state index contributed by atoms with van der Waals surface area (Å²) in [5, 5.41) is 30.1. The van der Waals surface area contributed by atoms with Crippen LogP contribution in [0.1, 0.15) is 155 Å². The van der Waals surface area contributed by atoms with Crippen molar-refractivity contribution in [3.63, 3.8) is 0 Å². The van der Waals surface area contributed by atoms with Gasteiger partial charge < -0.3 is 20.2 Å². The lowest BCUT2D eigenvalue weighted by Gasteiger charge is -2.32. The van der Waals surface area contributed by atoms with Crippen LogP contribution >= 0.6 is 0 Å². The molecule has 2 atom stereocenters. The first kappa shape index (κ1) is 39.6. The Kier molecular flexibility index (Phi) is 30.4. The number of hydrogen-bond acceptors (Lipinski definition) is 4. The minimum atomic E-state index is -0.952. The van der Waals surface area contributed by atoms with Gasteiger partial charge in [-0.15, -0.1) is 0 Å². The second-order valence-corrected chi connectivity index (χ2v) is 11.6. The van der Waals surface area contributed by atoms with Gasteiger partial charge in [-0.2, -0.15) is 0 Å². The molecule has 0 aromatic heterocycles. The second kappa shape index (κ2) is 31.5. The number of carbonyl (C=O) groups excluding carboxylic acids is 1. The maximum atomic E-state index is 12.9. The fourth-order valence-electron chi connectivity index (χ4n) is 5.12. The molecule has 1 amide bonds. The normalized spacial score (nSPS) is 13.6. The summed E-state index contributed by atoms with van der Waals surface area (Å²) in [4.78, 5) is 14.3. The van der Waals surface area contributed by atoms with E-state index in [4.69, 9.17) is 0 Å². The molecule has 0 saturated heterocycles. The number of nitrogens with zero attached hydrogens (tertiary/aromatic N) is 1. The Hall–Kier alpha value is -1.43. The zero-order valence-electron chi connectivity index (χ0n) is 27.0. The summed E-state index contributed by atoms with van der Waals surface area (Å²) < 4.78 is 0. The predicted molar refractivity (Wildman–Crippen MR) is 176 cm³/mol. The van der Waals surface area contributed by atoms with Crippen LogP contribution in [0.25, 0.3) is 0 Å². The van der Waals surface area contributed by atoms with Crippen molar-refractivity contribution in [1.29, 1.82) is 0 Å². The fraction of sp³-hybridized carbons (Fsp3) is 0.806. The van der Waals surface area contributed by atoms with Gasteiger partial charge in [0.25, 0.3) is 0 Å². The maximum Gasteiger partial charge on any atom is 0.223 e. The monoisotopic (exact) mass is 578 g/mol. The van der Waals surface area contributed by atoms with E-state index in [2.05, 4.69) is 38.2 Å². The van der Waals surface area contributed by atoms with Crippen LogP contribution in [-0.2, 0) is 4.79 Å². The summed E-state index contributed by atoms with van der Waals surface area (Å²) in [7, 11) is 0. The third-order valence-corrected chi connectivity index (χ3v) is 7.77. The average Bonchev–Trinajstić information content (AvgIpc) is 2.97. The van der Waals surface area contributed by atoms with Gasteiger partial charge in [-0.3, -0.25) is 4.79 Å². The molecule has 0 aliphatic carbocycles. The Balaban J connectivity index is 4.17. The standard InChI is InChI=1S/C36H67NO4/c1-3-5-7-9-11-13-15-17-19-21-23-25-27-29-35(40)34(33-39)37(31-32-38)36(41)30-28-26-24-22-20-18-16-14-12-10-8-6-4-2/h14,16,19,21,27,29,34-35,38-40H,3-13,15,17-18,20,22-26,28,30-33H2,1-2H3/b16-14-,21-19+,29-27+/t34?,35-/m1/s1. The highest BCUT2D eigenvalue weighted by atomic mass is 16.3. The molecule has 3 N–H and O–H groups in total. The molecule has 0 fully saturated rings. The van der Waals surface area contributed by atoms with Crippen molar-refractivity contribution >= 4 is 5.91 Å². The summed E-state index contributed by atoms with van der Waals surface area (Å²) in [5.41, 5.74) is 0. The van der Waals surface area contributed by atoms with E-state index in [0.717, 1.165) is 44.9 Å². The first-order valence-electron chi connectivity index (χ1n) is 17.3. The van der Waals surface area contributed by atoms with Crippen molar-refractivity contribution < 1.29 is 20.1 Å². The van der Waals surface area contributed by atoms with Crippen LogP contribution in [-0.4, -0.2) is 58.0 Å². The number of hydrogen-bond donors (Lipinski definition) is 3. The number of rotatable bonds is 30. The molecule has 240 valence electrons. The molecule has 1 unspecified atom stereocenters. The van der Waals surface area contributed by atoms with Crippen LogP contribution in [0.15, 0.2) is 36.5 Å². The highest BCUT2D eigenvalue weighted by molar-refractivity contribution is 5.76. The van der Waals surface area contributed by atoms with Crippen molar-refractivity contribution in [1.82, 2.24) is 4.90 Å². The third kappa shape index (κ3) is 24.8. The summed E-state index contributed by atoms with van der Waals surface area (Å²) >= 11 is 0. The molecule has 5 heteroatoms. The van der Waals surface area contributed by atoms with Crippen molar-refractivity contribution in [3.05, 3.63) is 36.5 Å². The molecule has 0 saturated carbocycles. The smallest absolute Gasteiger partial charge is 0.223 e. The van der Waals surface area contributed by atoms with Crippen molar-refractivity contribution in [2.75, 3.05) is 19.8 Å². The average molecular weight is 578 g/mol. The molecule has 0 rings (SSSR count). The second-order valence-electron chi connectivity index (χ2n) is 11.6. The van der Waals surface area contributed by atoms with Crippen LogP contribution in [0, 0.1) is 0 Å². The van der Waals surface area contributed by atoms with E-state index in [1.807, 2.05) is 6.08 Å². The first-order chi connectivity index (χ1) is 20.1. The van der Waals surface area contributed by atoms with E-state index in [9.17, 15) is 20.1 Å². The molecule has 0 aliphatic heterocycles. The largest absolute Gasteiger partial charge is 0.395 e. The Labute approximate surface area is 254 Å². The molecule has 0 aromatic carbocycles. The minimum Gasteiger partial charge on any atom is -0.395 e. The lowest BCUT2D eigenvalue weighted by Crippen LogP contribution is -2.49. The van der Waals surface area contributed by atoms with Gasteiger partial charge in [0.2, 0.25) is 5.91 Å². The van der Waals surface area contributed by atoms with Crippen molar-refractivity contribution in [2.24, 2.45) is 0 Å². The third-order valence-electron chi connectivity index (χ3n) is 7.77. The number of aliphatic hydroxyl groups excluding tert-OH is 3. The fourth-order valence-corrected chi connectivity index (χ4v) is 5.12. The van der Waals surface area contributed by atoms with Gasteiger partial charge in [-0.1, -0.05) is 127 Å². The van der Waals surface area contributed by atoms with Gasteiger partial charge in [-0.05, 0) is 57.8 Å². The van der Waals surface area contributed by atoms with Crippen LogP contribution in [0.4, 0.5) is 0 Å². The lowest BCUT2D eigenvalue weighted by atomic mass is 10.1. The molecule has 0 radical (unpaired) electrons. The highest BCUT2D eigenvalue weighted by Crippen LogP contribution is 2.14. The SMILES string of the molecule is CCCCCC/C=C\CCCCCCCC(=O)N(CCO)C(CO)[C@H](O)/C=C/CC/C=C/CCCCCCCCC. The van der Waals surface area contributed by atoms with Gasteiger partial charge in [0.05, 0.1) is 25.4 Å². The van der Waals surface area contributed by atoms with E-state index in [1.165, 1.54) is 94.8 Å². The zero-order chi connectivity index (χ0) is 30.2. The molecule has 0 heterocycles. The van der Waals surface area contributed by atoms with Crippen LogP contribution in [0.5, 0.6) is 0 Å². The van der Waals surface area contributed by atoms with E-state index in [-0.39, 0.29) is 25.7 Å². The molecule has 0 aliphatic rings.